The predicted molar refractivity (Wildman–Crippen MR) is 82.4 cm³/mol. The van der Waals surface area contributed by atoms with Crippen LogP contribution in [0.2, 0.25) is 0 Å². The van der Waals surface area contributed by atoms with Crippen molar-refractivity contribution < 1.29 is 13.2 Å². The molecule has 0 saturated heterocycles. The Morgan fingerprint density at radius 2 is 2.00 bits per heavy atom. The summed E-state index contributed by atoms with van der Waals surface area (Å²) >= 11 is 3.33. The van der Waals surface area contributed by atoms with Crippen molar-refractivity contribution in [3.63, 3.8) is 0 Å². The van der Waals surface area contributed by atoms with Crippen LogP contribution in [0.25, 0.3) is 0 Å². The maximum atomic E-state index is 12.4. The van der Waals surface area contributed by atoms with Crippen LogP contribution < -0.4 is 9.46 Å². The third-order valence-corrected chi connectivity index (χ3v) is 5.99. The van der Waals surface area contributed by atoms with Crippen LogP contribution in [-0.4, -0.2) is 21.6 Å². The number of hydrogen-bond donors (Lipinski definition) is 1. The lowest BCUT2D eigenvalue weighted by Gasteiger charge is -2.29. The highest BCUT2D eigenvalue weighted by molar-refractivity contribution is 9.10. The van der Waals surface area contributed by atoms with Gasteiger partial charge >= 0.3 is 0 Å². The molecule has 1 aromatic rings. The average molecular weight is 362 g/mol. The fourth-order valence-electron chi connectivity index (χ4n) is 2.57. The molecular formula is C14H20BrNO3S. The van der Waals surface area contributed by atoms with Crippen LogP contribution in [0.4, 0.5) is 0 Å². The van der Waals surface area contributed by atoms with Crippen molar-refractivity contribution in [2.24, 2.45) is 5.92 Å². The Bertz CT molecular complexity index is 574. The third-order valence-electron chi connectivity index (χ3n) is 3.85. The number of nitrogens with one attached hydrogen (secondary N) is 1. The Kier molecular flexibility index (Phi) is 5.09. The highest BCUT2D eigenvalue weighted by Gasteiger charge is 2.27. The Hall–Kier alpha value is -0.590. The molecule has 1 fully saturated rings. The van der Waals surface area contributed by atoms with E-state index in [-0.39, 0.29) is 10.9 Å². The van der Waals surface area contributed by atoms with Gasteiger partial charge in [-0.3, -0.25) is 0 Å². The molecule has 4 nitrogen and oxygen atoms in total. The third kappa shape index (κ3) is 3.54. The second-order valence-corrected chi connectivity index (χ2v) is 7.85. The Labute approximate surface area is 129 Å². The molecule has 2 atom stereocenters. The Morgan fingerprint density at radius 1 is 1.30 bits per heavy atom. The molecule has 0 spiro atoms. The number of ether oxygens (including phenoxy) is 1. The van der Waals surface area contributed by atoms with Gasteiger partial charge in [0.2, 0.25) is 10.0 Å². The molecule has 0 aliphatic heterocycles. The summed E-state index contributed by atoms with van der Waals surface area (Å²) < 4.78 is 33.6. The fraction of sp³-hybridized carbons (Fsp3) is 0.571. The molecule has 1 N–H and O–H groups in total. The molecule has 1 aliphatic rings. The highest BCUT2D eigenvalue weighted by atomic mass is 79.9. The molecule has 0 heterocycles. The summed E-state index contributed by atoms with van der Waals surface area (Å²) in [5.41, 5.74) is 0. The van der Waals surface area contributed by atoms with E-state index in [1.54, 1.807) is 18.2 Å². The number of rotatable bonds is 4. The summed E-state index contributed by atoms with van der Waals surface area (Å²) in [6.45, 7) is 2.11. The Morgan fingerprint density at radius 3 is 2.65 bits per heavy atom. The maximum absolute atomic E-state index is 12.4. The summed E-state index contributed by atoms with van der Waals surface area (Å²) in [7, 11) is -1.97. The van der Waals surface area contributed by atoms with E-state index in [1.807, 2.05) is 0 Å². The average Bonchev–Trinajstić information content (AvgIpc) is 2.41. The van der Waals surface area contributed by atoms with Crippen molar-refractivity contribution in [2.45, 2.75) is 43.5 Å². The monoisotopic (exact) mass is 361 g/mol. The van der Waals surface area contributed by atoms with Gasteiger partial charge in [-0.15, -0.1) is 0 Å². The zero-order valence-electron chi connectivity index (χ0n) is 11.7. The quantitative estimate of drug-likeness (QED) is 0.894. The molecule has 1 aliphatic carbocycles. The zero-order valence-corrected chi connectivity index (χ0v) is 14.1. The minimum Gasteiger partial charge on any atom is -0.496 e. The van der Waals surface area contributed by atoms with E-state index in [4.69, 9.17) is 4.74 Å². The summed E-state index contributed by atoms with van der Waals surface area (Å²) in [5, 5.41) is 0. The predicted octanol–water partition coefficient (Wildman–Crippen LogP) is 3.31. The van der Waals surface area contributed by atoms with Crippen LogP contribution in [-0.2, 0) is 10.0 Å². The standard InChI is InChI=1S/C14H20BrNO3S/c1-10-5-3-4-6-13(10)16-20(17,18)11-7-8-12(15)14(9-11)19-2/h7-10,13,16H,3-6H2,1-2H3/t10-,13-/m0/s1. The summed E-state index contributed by atoms with van der Waals surface area (Å²) in [5.74, 6) is 0.903. The van der Waals surface area contributed by atoms with Gasteiger partial charge in [-0.1, -0.05) is 19.8 Å². The zero-order chi connectivity index (χ0) is 14.8. The van der Waals surface area contributed by atoms with E-state index in [2.05, 4.69) is 27.6 Å². The first-order chi connectivity index (χ1) is 9.44. The molecule has 0 bridgehead atoms. The smallest absolute Gasteiger partial charge is 0.240 e. The van der Waals surface area contributed by atoms with Crippen molar-refractivity contribution in [3.05, 3.63) is 22.7 Å². The normalized spacial score (nSPS) is 23.6. The summed E-state index contributed by atoms with van der Waals surface area (Å²) in [6, 6.07) is 4.85. The number of halogens is 1. The van der Waals surface area contributed by atoms with Crippen LogP contribution in [0.5, 0.6) is 5.75 Å². The molecule has 0 unspecified atom stereocenters. The number of hydrogen-bond acceptors (Lipinski definition) is 3. The minimum absolute atomic E-state index is 0.0309. The van der Waals surface area contributed by atoms with Gasteiger partial charge in [0, 0.05) is 12.1 Å². The maximum Gasteiger partial charge on any atom is 0.240 e. The van der Waals surface area contributed by atoms with Gasteiger partial charge in [0.05, 0.1) is 16.5 Å². The largest absolute Gasteiger partial charge is 0.496 e. The van der Waals surface area contributed by atoms with E-state index in [1.165, 1.54) is 13.5 Å². The molecule has 2 rings (SSSR count). The second-order valence-electron chi connectivity index (χ2n) is 5.29. The first kappa shape index (κ1) is 15.8. The first-order valence-electron chi connectivity index (χ1n) is 6.80. The minimum atomic E-state index is -3.49. The topological polar surface area (TPSA) is 55.4 Å². The number of methoxy groups -OCH3 is 1. The lowest BCUT2D eigenvalue weighted by molar-refractivity contribution is 0.310. The molecule has 1 saturated carbocycles. The van der Waals surface area contributed by atoms with E-state index in [9.17, 15) is 8.42 Å². The van der Waals surface area contributed by atoms with Gasteiger partial charge in [-0.05, 0) is 46.8 Å². The molecule has 112 valence electrons. The van der Waals surface area contributed by atoms with Crippen molar-refractivity contribution in [3.8, 4) is 5.75 Å². The van der Waals surface area contributed by atoms with Crippen LogP contribution in [0.1, 0.15) is 32.6 Å². The van der Waals surface area contributed by atoms with E-state index < -0.39 is 10.0 Å². The first-order valence-corrected chi connectivity index (χ1v) is 9.07. The molecule has 0 radical (unpaired) electrons. The highest BCUT2D eigenvalue weighted by Crippen LogP contribution is 2.29. The molecule has 0 amide bonds. The van der Waals surface area contributed by atoms with Crippen molar-refractivity contribution in [1.29, 1.82) is 0 Å². The van der Waals surface area contributed by atoms with Crippen molar-refractivity contribution >= 4 is 26.0 Å². The molecular weight excluding hydrogens is 342 g/mol. The molecule has 6 heteroatoms. The van der Waals surface area contributed by atoms with Gasteiger partial charge in [-0.2, -0.15) is 0 Å². The fourth-order valence-corrected chi connectivity index (χ4v) is 4.37. The van der Waals surface area contributed by atoms with Gasteiger partial charge < -0.3 is 4.74 Å². The molecule has 0 aromatic heterocycles. The second kappa shape index (κ2) is 6.45. The molecule has 1 aromatic carbocycles. The van der Waals surface area contributed by atoms with E-state index in [0.29, 0.717) is 11.7 Å². The van der Waals surface area contributed by atoms with Gasteiger partial charge in [0.25, 0.3) is 0 Å². The van der Waals surface area contributed by atoms with Crippen molar-refractivity contribution in [2.75, 3.05) is 7.11 Å². The van der Waals surface area contributed by atoms with Crippen LogP contribution >= 0.6 is 15.9 Å². The van der Waals surface area contributed by atoms with E-state index >= 15 is 0 Å². The number of sulfonamides is 1. The van der Waals surface area contributed by atoms with Gasteiger partial charge in [0.1, 0.15) is 5.75 Å². The van der Waals surface area contributed by atoms with Crippen molar-refractivity contribution in [1.82, 2.24) is 4.72 Å². The summed E-state index contributed by atoms with van der Waals surface area (Å²) in [6.07, 6.45) is 4.26. The SMILES string of the molecule is COc1cc(S(=O)(=O)N[C@H]2CCCC[C@@H]2C)ccc1Br. The van der Waals surface area contributed by atoms with Crippen LogP contribution in [0.3, 0.4) is 0 Å². The Balaban J connectivity index is 2.21. The molecule has 20 heavy (non-hydrogen) atoms. The number of benzene rings is 1. The van der Waals surface area contributed by atoms with Crippen LogP contribution in [0, 0.1) is 5.92 Å². The van der Waals surface area contributed by atoms with Crippen LogP contribution in [0.15, 0.2) is 27.6 Å². The summed E-state index contributed by atoms with van der Waals surface area (Å²) in [4.78, 5) is 0.246. The van der Waals surface area contributed by atoms with E-state index in [0.717, 1.165) is 23.7 Å². The lowest BCUT2D eigenvalue weighted by atomic mass is 9.87. The lowest BCUT2D eigenvalue weighted by Crippen LogP contribution is -2.40. The van der Waals surface area contributed by atoms with Gasteiger partial charge in [0.15, 0.2) is 0 Å². The van der Waals surface area contributed by atoms with Gasteiger partial charge in [-0.25, -0.2) is 13.1 Å².